The van der Waals surface area contributed by atoms with Crippen molar-refractivity contribution in [3.63, 3.8) is 0 Å². The molecular formula is C25H48N2O3. The van der Waals surface area contributed by atoms with Gasteiger partial charge in [-0.2, -0.15) is 0 Å². The standard InChI is InChI=1S/C25H48N2O3/c1-3-4-5-6-7-8-9-10-11-12-13-14-15-16-17-21-24(28)27-23(25(29)30-2)20-18-19-22-26/h10-11,23H,3-9,12-22,26H2,1-2H3,(H,27,28)/b11-10-/t23-/m0/s1. The van der Waals surface area contributed by atoms with Crippen LogP contribution in [0.2, 0.25) is 0 Å². The lowest BCUT2D eigenvalue weighted by atomic mass is 10.1. The second kappa shape index (κ2) is 22.3. The lowest BCUT2D eigenvalue weighted by molar-refractivity contribution is -0.145. The normalized spacial score (nSPS) is 12.2. The molecule has 0 unspecified atom stereocenters. The Labute approximate surface area is 185 Å². The molecule has 3 N–H and O–H groups in total. The number of unbranched alkanes of at least 4 members (excludes halogenated alkanes) is 12. The molecule has 0 aliphatic rings. The summed E-state index contributed by atoms with van der Waals surface area (Å²) in [7, 11) is 1.36. The number of hydrogen-bond acceptors (Lipinski definition) is 4. The lowest BCUT2D eigenvalue weighted by Crippen LogP contribution is -2.41. The second-order valence-electron chi connectivity index (χ2n) is 8.26. The SMILES string of the molecule is CCCCCCCC/C=C\CCCCCCCC(=O)N[C@@H](CCCCN)C(=O)OC. The summed E-state index contributed by atoms with van der Waals surface area (Å²) in [6.45, 7) is 2.85. The second-order valence-corrected chi connectivity index (χ2v) is 8.26. The molecule has 0 spiro atoms. The van der Waals surface area contributed by atoms with Gasteiger partial charge in [-0.1, -0.05) is 70.4 Å². The van der Waals surface area contributed by atoms with Crippen LogP contribution in [0.5, 0.6) is 0 Å². The van der Waals surface area contributed by atoms with Gasteiger partial charge < -0.3 is 15.8 Å². The summed E-state index contributed by atoms with van der Waals surface area (Å²) in [6, 6.07) is -0.544. The first-order valence-electron chi connectivity index (χ1n) is 12.4. The number of ether oxygens (including phenoxy) is 1. The first kappa shape index (κ1) is 28.6. The molecule has 1 atom stereocenters. The fraction of sp³-hybridized carbons (Fsp3) is 0.840. The molecule has 0 radical (unpaired) electrons. The van der Waals surface area contributed by atoms with E-state index in [1.165, 1.54) is 71.3 Å². The van der Waals surface area contributed by atoms with Crippen molar-refractivity contribution in [3.8, 4) is 0 Å². The number of hydrogen-bond donors (Lipinski definition) is 2. The van der Waals surface area contributed by atoms with E-state index in [4.69, 9.17) is 10.5 Å². The number of nitrogens with one attached hydrogen (secondary N) is 1. The molecule has 1 amide bonds. The van der Waals surface area contributed by atoms with Crippen molar-refractivity contribution >= 4 is 11.9 Å². The van der Waals surface area contributed by atoms with Gasteiger partial charge in [0.1, 0.15) is 6.04 Å². The van der Waals surface area contributed by atoms with Crippen LogP contribution in [0.15, 0.2) is 12.2 Å². The van der Waals surface area contributed by atoms with Gasteiger partial charge in [-0.3, -0.25) is 4.79 Å². The Morgan fingerprint density at radius 1 is 0.833 bits per heavy atom. The van der Waals surface area contributed by atoms with E-state index in [1.54, 1.807) is 0 Å². The van der Waals surface area contributed by atoms with E-state index in [1.807, 2.05) is 0 Å². The fourth-order valence-corrected chi connectivity index (χ4v) is 3.51. The molecule has 0 heterocycles. The molecule has 0 rings (SSSR count). The number of methoxy groups -OCH3 is 1. The molecule has 0 aliphatic heterocycles. The largest absolute Gasteiger partial charge is 0.467 e. The summed E-state index contributed by atoms with van der Waals surface area (Å²) in [6.07, 6.45) is 23.5. The summed E-state index contributed by atoms with van der Waals surface area (Å²) < 4.78 is 4.78. The van der Waals surface area contributed by atoms with Crippen LogP contribution in [0.4, 0.5) is 0 Å². The van der Waals surface area contributed by atoms with Gasteiger partial charge in [0.05, 0.1) is 7.11 Å². The molecule has 0 bridgehead atoms. The number of nitrogens with two attached hydrogens (primary N) is 1. The molecule has 5 heteroatoms. The molecule has 0 aromatic heterocycles. The molecule has 0 aromatic rings. The van der Waals surface area contributed by atoms with Crippen LogP contribution in [0, 0.1) is 0 Å². The van der Waals surface area contributed by atoms with Gasteiger partial charge >= 0.3 is 5.97 Å². The third kappa shape index (κ3) is 18.7. The van der Waals surface area contributed by atoms with Crippen LogP contribution in [-0.2, 0) is 14.3 Å². The van der Waals surface area contributed by atoms with Crippen LogP contribution in [-0.4, -0.2) is 31.6 Å². The Bertz CT molecular complexity index is 438. The average Bonchev–Trinajstić information content (AvgIpc) is 2.75. The highest BCUT2D eigenvalue weighted by Crippen LogP contribution is 2.10. The minimum Gasteiger partial charge on any atom is -0.467 e. The highest BCUT2D eigenvalue weighted by molar-refractivity contribution is 5.84. The maximum absolute atomic E-state index is 12.1. The highest BCUT2D eigenvalue weighted by atomic mass is 16.5. The Morgan fingerprint density at radius 3 is 1.97 bits per heavy atom. The number of carbonyl (C=O) groups is 2. The van der Waals surface area contributed by atoms with E-state index in [0.717, 1.165) is 32.1 Å². The van der Waals surface area contributed by atoms with Crippen molar-refractivity contribution in [2.75, 3.05) is 13.7 Å². The van der Waals surface area contributed by atoms with Crippen molar-refractivity contribution in [1.29, 1.82) is 0 Å². The van der Waals surface area contributed by atoms with E-state index >= 15 is 0 Å². The zero-order chi connectivity index (χ0) is 22.3. The average molecular weight is 425 g/mol. The third-order valence-electron chi connectivity index (χ3n) is 5.43. The summed E-state index contributed by atoms with van der Waals surface area (Å²) in [5, 5.41) is 2.81. The van der Waals surface area contributed by atoms with Gasteiger partial charge in [0.15, 0.2) is 0 Å². The number of carbonyl (C=O) groups excluding carboxylic acids is 2. The number of esters is 1. The summed E-state index contributed by atoms with van der Waals surface area (Å²) in [5.41, 5.74) is 5.49. The van der Waals surface area contributed by atoms with E-state index in [0.29, 0.717) is 19.4 Å². The van der Waals surface area contributed by atoms with Crippen LogP contribution in [0.3, 0.4) is 0 Å². The Balaban J connectivity index is 3.60. The smallest absolute Gasteiger partial charge is 0.328 e. The van der Waals surface area contributed by atoms with Crippen molar-refractivity contribution < 1.29 is 14.3 Å². The van der Waals surface area contributed by atoms with Crippen LogP contribution < -0.4 is 11.1 Å². The lowest BCUT2D eigenvalue weighted by Gasteiger charge is -2.16. The number of rotatable bonds is 21. The summed E-state index contributed by atoms with van der Waals surface area (Å²) >= 11 is 0. The predicted molar refractivity (Wildman–Crippen MR) is 126 cm³/mol. The summed E-state index contributed by atoms with van der Waals surface area (Å²) in [5.74, 6) is -0.430. The fourth-order valence-electron chi connectivity index (χ4n) is 3.51. The quantitative estimate of drug-likeness (QED) is 0.138. The zero-order valence-electron chi connectivity index (χ0n) is 19.8. The predicted octanol–water partition coefficient (Wildman–Crippen LogP) is 5.81. The molecule has 5 nitrogen and oxygen atoms in total. The summed E-state index contributed by atoms with van der Waals surface area (Å²) in [4.78, 5) is 23.9. The van der Waals surface area contributed by atoms with E-state index in [9.17, 15) is 9.59 Å². The van der Waals surface area contributed by atoms with Gasteiger partial charge in [-0.05, 0) is 57.9 Å². The van der Waals surface area contributed by atoms with E-state index in [2.05, 4.69) is 24.4 Å². The topological polar surface area (TPSA) is 81.4 Å². The molecule has 0 aliphatic carbocycles. The Hall–Kier alpha value is -1.36. The number of amides is 1. The zero-order valence-corrected chi connectivity index (χ0v) is 19.8. The van der Waals surface area contributed by atoms with Gasteiger partial charge in [0.25, 0.3) is 0 Å². The van der Waals surface area contributed by atoms with Gasteiger partial charge in [0, 0.05) is 6.42 Å². The maximum atomic E-state index is 12.1. The Kier molecular flexibility index (Phi) is 21.3. The Morgan fingerprint density at radius 2 is 1.40 bits per heavy atom. The van der Waals surface area contributed by atoms with Crippen molar-refractivity contribution in [2.24, 2.45) is 5.73 Å². The minimum atomic E-state index is -0.544. The monoisotopic (exact) mass is 424 g/mol. The van der Waals surface area contributed by atoms with Crippen LogP contribution in [0.25, 0.3) is 0 Å². The minimum absolute atomic E-state index is 0.0595. The van der Waals surface area contributed by atoms with Crippen molar-refractivity contribution in [3.05, 3.63) is 12.2 Å². The first-order chi connectivity index (χ1) is 14.7. The molecular weight excluding hydrogens is 376 g/mol. The third-order valence-corrected chi connectivity index (χ3v) is 5.43. The van der Waals surface area contributed by atoms with Gasteiger partial charge in [0.2, 0.25) is 5.91 Å². The molecule has 176 valence electrons. The highest BCUT2D eigenvalue weighted by Gasteiger charge is 2.20. The van der Waals surface area contributed by atoms with Gasteiger partial charge in [-0.15, -0.1) is 0 Å². The first-order valence-corrected chi connectivity index (χ1v) is 12.4. The van der Waals surface area contributed by atoms with Crippen molar-refractivity contribution in [2.45, 2.75) is 122 Å². The number of allylic oxidation sites excluding steroid dienone is 2. The molecule has 0 saturated carbocycles. The van der Waals surface area contributed by atoms with Crippen molar-refractivity contribution in [1.82, 2.24) is 5.32 Å². The maximum Gasteiger partial charge on any atom is 0.328 e. The molecule has 0 aromatic carbocycles. The molecule has 30 heavy (non-hydrogen) atoms. The van der Waals surface area contributed by atoms with E-state index < -0.39 is 6.04 Å². The molecule has 0 fully saturated rings. The van der Waals surface area contributed by atoms with Gasteiger partial charge in [-0.25, -0.2) is 4.79 Å². The van der Waals surface area contributed by atoms with Crippen LogP contribution in [0.1, 0.15) is 116 Å². The van der Waals surface area contributed by atoms with E-state index in [-0.39, 0.29) is 11.9 Å². The molecule has 0 saturated heterocycles. The van der Waals surface area contributed by atoms with Crippen LogP contribution >= 0.6 is 0 Å².